The van der Waals surface area contributed by atoms with Gasteiger partial charge in [-0.1, -0.05) is 25.4 Å². The molecule has 0 radical (unpaired) electrons. The Balaban J connectivity index is 3.20. The maximum absolute atomic E-state index is 10.6. The summed E-state index contributed by atoms with van der Waals surface area (Å²) in [5.41, 5.74) is 1.57. The van der Waals surface area contributed by atoms with Crippen LogP contribution in [-0.4, -0.2) is 18.2 Å². The third-order valence-corrected chi connectivity index (χ3v) is 2.62. The minimum Gasteiger partial charge on any atom is -0.496 e. The zero-order valence-electron chi connectivity index (χ0n) is 9.58. The number of hydrogen-bond acceptors (Lipinski definition) is 2. The van der Waals surface area contributed by atoms with Crippen molar-refractivity contribution in [2.45, 2.75) is 26.2 Å². The first kappa shape index (κ1) is 12.8. The summed E-state index contributed by atoms with van der Waals surface area (Å²) in [6.07, 6.45) is -0.0472. The quantitative estimate of drug-likeness (QED) is 0.883. The van der Waals surface area contributed by atoms with Crippen molar-refractivity contribution in [2.75, 3.05) is 7.11 Å². The van der Waals surface area contributed by atoms with Crippen molar-refractivity contribution in [3.63, 3.8) is 0 Å². The van der Waals surface area contributed by atoms with Gasteiger partial charge < -0.3 is 9.84 Å². The fourth-order valence-corrected chi connectivity index (χ4v) is 2.10. The standard InChI is InChI=1S/C12H15ClO3/c1-7(2)12-9(13)4-8(6-11(14)15)5-10(12)16-3/h4-5,7H,6H2,1-3H3,(H,14,15). The van der Waals surface area contributed by atoms with Crippen molar-refractivity contribution in [3.05, 3.63) is 28.3 Å². The molecule has 0 spiro atoms. The van der Waals surface area contributed by atoms with Gasteiger partial charge in [-0.3, -0.25) is 4.79 Å². The van der Waals surface area contributed by atoms with Crippen LogP contribution in [0.4, 0.5) is 0 Å². The average Bonchev–Trinajstić information content (AvgIpc) is 2.14. The second-order valence-electron chi connectivity index (χ2n) is 3.92. The van der Waals surface area contributed by atoms with Crippen LogP contribution < -0.4 is 4.74 Å². The predicted octanol–water partition coefficient (Wildman–Crippen LogP) is 3.10. The number of hydrogen-bond donors (Lipinski definition) is 1. The van der Waals surface area contributed by atoms with Crippen LogP contribution in [0, 0.1) is 0 Å². The molecule has 88 valence electrons. The molecule has 0 saturated carbocycles. The zero-order chi connectivity index (χ0) is 12.3. The summed E-state index contributed by atoms with van der Waals surface area (Å²) < 4.78 is 5.23. The number of aliphatic carboxylic acids is 1. The van der Waals surface area contributed by atoms with E-state index >= 15 is 0 Å². The van der Waals surface area contributed by atoms with Gasteiger partial charge >= 0.3 is 5.97 Å². The first-order chi connectivity index (χ1) is 7.45. The van der Waals surface area contributed by atoms with Crippen LogP contribution in [0.25, 0.3) is 0 Å². The third kappa shape index (κ3) is 2.89. The van der Waals surface area contributed by atoms with Gasteiger partial charge in [-0.2, -0.15) is 0 Å². The van der Waals surface area contributed by atoms with Crippen LogP contribution in [0.15, 0.2) is 12.1 Å². The van der Waals surface area contributed by atoms with Crippen molar-refractivity contribution in [1.29, 1.82) is 0 Å². The summed E-state index contributed by atoms with van der Waals surface area (Å²) in [6, 6.07) is 3.42. The van der Waals surface area contributed by atoms with Crippen LogP contribution in [0.2, 0.25) is 5.02 Å². The minimum absolute atomic E-state index is 0.0472. The van der Waals surface area contributed by atoms with Crippen molar-refractivity contribution in [2.24, 2.45) is 0 Å². The van der Waals surface area contributed by atoms with Gasteiger partial charge in [0.2, 0.25) is 0 Å². The molecule has 0 aromatic heterocycles. The molecule has 0 bridgehead atoms. The van der Waals surface area contributed by atoms with E-state index in [1.165, 1.54) is 0 Å². The summed E-state index contributed by atoms with van der Waals surface area (Å²) in [6.45, 7) is 4.03. The van der Waals surface area contributed by atoms with Crippen LogP contribution in [-0.2, 0) is 11.2 Å². The Bertz CT molecular complexity index is 399. The summed E-state index contributed by atoms with van der Waals surface area (Å²) in [5, 5.41) is 9.28. The van der Waals surface area contributed by atoms with Gasteiger partial charge in [0.25, 0.3) is 0 Å². The van der Waals surface area contributed by atoms with Crippen molar-refractivity contribution in [1.82, 2.24) is 0 Å². The van der Waals surface area contributed by atoms with Crippen LogP contribution in [0.1, 0.15) is 30.9 Å². The summed E-state index contributed by atoms with van der Waals surface area (Å²) in [7, 11) is 1.56. The van der Waals surface area contributed by atoms with E-state index in [1.54, 1.807) is 19.2 Å². The van der Waals surface area contributed by atoms with E-state index in [9.17, 15) is 4.79 Å². The van der Waals surface area contributed by atoms with E-state index in [1.807, 2.05) is 13.8 Å². The van der Waals surface area contributed by atoms with E-state index < -0.39 is 5.97 Å². The van der Waals surface area contributed by atoms with E-state index in [4.69, 9.17) is 21.4 Å². The predicted molar refractivity (Wildman–Crippen MR) is 63.4 cm³/mol. The third-order valence-electron chi connectivity index (χ3n) is 2.30. The zero-order valence-corrected chi connectivity index (χ0v) is 10.3. The van der Waals surface area contributed by atoms with Gasteiger partial charge in [0, 0.05) is 10.6 Å². The van der Waals surface area contributed by atoms with E-state index in [0.29, 0.717) is 16.3 Å². The molecule has 0 saturated heterocycles. The van der Waals surface area contributed by atoms with Crippen LogP contribution in [0.5, 0.6) is 5.75 Å². The highest BCUT2D eigenvalue weighted by atomic mass is 35.5. The van der Waals surface area contributed by atoms with Gasteiger partial charge in [0.05, 0.1) is 13.5 Å². The molecule has 4 heteroatoms. The molecule has 0 amide bonds. The molecule has 0 fully saturated rings. The molecule has 1 N–H and O–H groups in total. The fraction of sp³-hybridized carbons (Fsp3) is 0.417. The maximum atomic E-state index is 10.6. The average molecular weight is 243 g/mol. The van der Waals surface area contributed by atoms with Crippen molar-refractivity contribution in [3.8, 4) is 5.75 Å². The molecular formula is C12H15ClO3. The number of rotatable bonds is 4. The Morgan fingerprint density at radius 2 is 2.12 bits per heavy atom. The van der Waals surface area contributed by atoms with Gasteiger partial charge in [-0.15, -0.1) is 0 Å². The smallest absolute Gasteiger partial charge is 0.307 e. The summed E-state index contributed by atoms with van der Waals surface area (Å²) in [5.74, 6) is 0.00972. The number of carboxylic acids is 1. The largest absolute Gasteiger partial charge is 0.496 e. The van der Waals surface area contributed by atoms with Crippen LogP contribution >= 0.6 is 11.6 Å². The van der Waals surface area contributed by atoms with E-state index in [2.05, 4.69) is 0 Å². The highest BCUT2D eigenvalue weighted by molar-refractivity contribution is 6.31. The monoisotopic (exact) mass is 242 g/mol. The van der Waals surface area contributed by atoms with Gasteiger partial charge in [0.1, 0.15) is 5.75 Å². The molecule has 1 aromatic carbocycles. The second-order valence-corrected chi connectivity index (χ2v) is 4.33. The Morgan fingerprint density at radius 1 is 1.50 bits per heavy atom. The number of halogens is 1. The van der Waals surface area contributed by atoms with Gasteiger partial charge in [-0.25, -0.2) is 0 Å². The minimum atomic E-state index is -0.879. The fourth-order valence-electron chi connectivity index (χ4n) is 1.65. The lowest BCUT2D eigenvalue weighted by Crippen LogP contribution is -2.03. The first-order valence-corrected chi connectivity index (χ1v) is 5.41. The lowest BCUT2D eigenvalue weighted by Gasteiger charge is -2.15. The Labute approximate surface area is 100.0 Å². The molecule has 0 atom stereocenters. The molecule has 1 rings (SSSR count). The maximum Gasteiger partial charge on any atom is 0.307 e. The molecule has 0 unspecified atom stereocenters. The number of benzene rings is 1. The molecule has 3 nitrogen and oxygen atoms in total. The Hall–Kier alpha value is -1.22. The SMILES string of the molecule is COc1cc(CC(=O)O)cc(Cl)c1C(C)C. The molecule has 0 aliphatic rings. The topological polar surface area (TPSA) is 46.5 Å². The molecule has 0 heterocycles. The van der Waals surface area contributed by atoms with Gasteiger partial charge in [-0.05, 0) is 23.6 Å². The van der Waals surface area contributed by atoms with E-state index in [-0.39, 0.29) is 12.3 Å². The lowest BCUT2D eigenvalue weighted by atomic mass is 9.99. The summed E-state index contributed by atoms with van der Waals surface area (Å²) >= 11 is 6.12. The highest BCUT2D eigenvalue weighted by Crippen LogP contribution is 2.34. The molecule has 0 aliphatic heterocycles. The molecule has 16 heavy (non-hydrogen) atoms. The number of carbonyl (C=O) groups is 1. The number of carboxylic acid groups (broad SMARTS) is 1. The summed E-state index contributed by atoms with van der Waals surface area (Å²) in [4.78, 5) is 10.6. The lowest BCUT2D eigenvalue weighted by molar-refractivity contribution is -0.136. The first-order valence-electron chi connectivity index (χ1n) is 5.03. The normalized spacial score (nSPS) is 10.6. The van der Waals surface area contributed by atoms with E-state index in [0.717, 1.165) is 5.56 Å². The Kier molecular flexibility index (Phi) is 4.19. The number of methoxy groups -OCH3 is 1. The molecular weight excluding hydrogens is 228 g/mol. The number of ether oxygens (including phenoxy) is 1. The highest BCUT2D eigenvalue weighted by Gasteiger charge is 2.14. The van der Waals surface area contributed by atoms with Crippen molar-refractivity contribution < 1.29 is 14.6 Å². The molecule has 1 aromatic rings. The van der Waals surface area contributed by atoms with Gasteiger partial charge in [0.15, 0.2) is 0 Å². The molecule has 0 aliphatic carbocycles. The van der Waals surface area contributed by atoms with Crippen molar-refractivity contribution >= 4 is 17.6 Å². The second kappa shape index (κ2) is 5.21. The Morgan fingerprint density at radius 3 is 2.56 bits per heavy atom. The van der Waals surface area contributed by atoms with Crippen LogP contribution in [0.3, 0.4) is 0 Å².